The number of anilines is 1. The number of aliphatic hydroxyl groups excluding tert-OH is 3. The van der Waals surface area contributed by atoms with E-state index in [4.69, 9.17) is 11.6 Å². The predicted octanol–water partition coefficient (Wildman–Crippen LogP) is 5.33. The van der Waals surface area contributed by atoms with Gasteiger partial charge in [-0.25, -0.2) is 0 Å². The van der Waals surface area contributed by atoms with Crippen molar-refractivity contribution in [2.75, 3.05) is 31.2 Å². The average molecular weight is 480 g/mol. The molecule has 4 rings (SSSR count). The molecule has 3 aromatic carbocycles. The topological polar surface area (TPSA) is 63.9 Å². The standard InChI is InChI=1S/C29H34ClNO3/c30-26-12-8-23(9-13-26)29(24-10-14-27(15-11-24)31(16-18-32)17-19-33)22-6-4-21(5-7-22)25-2-1-3-28(34)20-25/h4-15,25,28-29,32-34H,1-3,16-20H2. The van der Waals surface area contributed by atoms with Gasteiger partial charge in [-0.2, -0.15) is 0 Å². The Kier molecular flexibility index (Phi) is 8.63. The lowest BCUT2D eigenvalue weighted by Gasteiger charge is -2.27. The van der Waals surface area contributed by atoms with Crippen molar-refractivity contribution >= 4 is 17.3 Å². The van der Waals surface area contributed by atoms with Gasteiger partial charge in [-0.3, -0.25) is 0 Å². The van der Waals surface area contributed by atoms with Crippen LogP contribution in [0.1, 0.15) is 59.8 Å². The average Bonchev–Trinajstić information content (AvgIpc) is 2.86. The van der Waals surface area contributed by atoms with Gasteiger partial charge in [-0.15, -0.1) is 0 Å². The summed E-state index contributed by atoms with van der Waals surface area (Å²) in [5.41, 5.74) is 5.82. The van der Waals surface area contributed by atoms with Gasteiger partial charge in [0.25, 0.3) is 0 Å². The summed E-state index contributed by atoms with van der Waals surface area (Å²) in [6.07, 6.45) is 3.79. The van der Waals surface area contributed by atoms with Gasteiger partial charge < -0.3 is 20.2 Å². The maximum Gasteiger partial charge on any atom is 0.0606 e. The number of nitrogens with zero attached hydrogens (tertiary/aromatic N) is 1. The first-order valence-electron chi connectivity index (χ1n) is 12.2. The first kappa shape index (κ1) is 24.7. The Hall–Kier alpha value is -2.37. The van der Waals surface area contributed by atoms with Crippen molar-refractivity contribution in [3.63, 3.8) is 0 Å². The van der Waals surface area contributed by atoms with Crippen LogP contribution >= 0.6 is 11.6 Å². The Morgan fingerprint density at radius 2 is 1.29 bits per heavy atom. The summed E-state index contributed by atoms with van der Waals surface area (Å²) in [4.78, 5) is 1.98. The molecule has 0 aliphatic heterocycles. The molecule has 0 heterocycles. The van der Waals surface area contributed by atoms with Crippen molar-refractivity contribution in [2.45, 2.75) is 43.6 Å². The molecular weight excluding hydrogens is 446 g/mol. The Balaban J connectivity index is 1.64. The van der Waals surface area contributed by atoms with E-state index in [2.05, 4.69) is 60.7 Å². The molecule has 0 bridgehead atoms. The van der Waals surface area contributed by atoms with Gasteiger partial charge in [-0.1, -0.05) is 66.6 Å². The second-order valence-electron chi connectivity index (χ2n) is 9.19. The Morgan fingerprint density at radius 3 is 1.82 bits per heavy atom. The number of halogens is 1. The van der Waals surface area contributed by atoms with Crippen LogP contribution in [-0.4, -0.2) is 47.7 Å². The predicted molar refractivity (Wildman–Crippen MR) is 139 cm³/mol. The zero-order chi connectivity index (χ0) is 23.9. The molecule has 0 spiro atoms. The summed E-state index contributed by atoms with van der Waals surface area (Å²) < 4.78 is 0. The summed E-state index contributed by atoms with van der Waals surface area (Å²) in [6.45, 7) is 1.05. The maximum absolute atomic E-state index is 10.1. The molecule has 1 aliphatic rings. The summed E-state index contributed by atoms with van der Waals surface area (Å²) in [5, 5.41) is 29.5. The molecule has 180 valence electrons. The van der Waals surface area contributed by atoms with Gasteiger partial charge in [0.15, 0.2) is 0 Å². The summed E-state index contributed by atoms with van der Waals surface area (Å²) in [6, 6.07) is 25.3. The van der Waals surface area contributed by atoms with Crippen LogP contribution in [-0.2, 0) is 0 Å². The number of aliphatic hydroxyl groups is 3. The van der Waals surface area contributed by atoms with E-state index < -0.39 is 0 Å². The lowest BCUT2D eigenvalue weighted by atomic mass is 9.80. The van der Waals surface area contributed by atoms with Crippen LogP contribution in [0.2, 0.25) is 5.02 Å². The molecule has 0 radical (unpaired) electrons. The summed E-state index contributed by atoms with van der Waals surface area (Å²) in [5.74, 6) is 0.483. The molecular formula is C29H34ClNO3. The second kappa shape index (κ2) is 11.9. The third-order valence-electron chi connectivity index (χ3n) is 6.92. The van der Waals surface area contributed by atoms with Crippen molar-refractivity contribution in [3.8, 4) is 0 Å². The van der Waals surface area contributed by atoms with E-state index in [0.29, 0.717) is 24.0 Å². The van der Waals surface area contributed by atoms with Crippen LogP contribution in [0.25, 0.3) is 0 Å². The highest BCUT2D eigenvalue weighted by Crippen LogP contribution is 2.37. The molecule has 0 amide bonds. The molecule has 0 aromatic heterocycles. The zero-order valence-corrected chi connectivity index (χ0v) is 20.2. The van der Waals surface area contributed by atoms with Crippen LogP contribution in [0.4, 0.5) is 5.69 Å². The van der Waals surface area contributed by atoms with E-state index in [-0.39, 0.29) is 25.2 Å². The van der Waals surface area contributed by atoms with Crippen LogP contribution < -0.4 is 4.90 Å². The molecule has 5 heteroatoms. The lowest BCUT2D eigenvalue weighted by Crippen LogP contribution is -2.29. The number of hydrogen-bond acceptors (Lipinski definition) is 4. The van der Waals surface area contributed by atoms with E-state index in [9.17, 15) is 15.3 Å². The van der Waals surface area contributed by atoms with E-state index in [1.807, 2.05) is 17.0 Å². The van der Waals surface area contributed by atoms with Gasteiger partial charge >= 0.3 is 0 Å². The SMILES string of the molecule is OCCN(CCO)c1ccc(C(c2ccc(Cl)cc2)c2ccc(C3CCCC(O)C3)cc2)cc1. The zero-order valence-electron chi connectivity index (χ0n) is 19.5. The molecule has 34 heavy (non-hydrogen) atoms. The van der Waals surface area contributed by atoms with Gasteiger partial charge in [0, 0.05) is 29.7 Å². The highest BCUT2D eigenvalue weighted by atomic mass is 35.5. The minimum Gasteiger partial charge on any atom is -0.395 e. The highest BCUT2D eigenvalue weighted by molar-refractivity contribution is 6.30. The van der Waals surface area contributed by atoms with Gasteiger partial charge in [0.2, 0.25) is 0 Å². The number of rotatable bonds is 9. The Labute approximate surface area is 207 Å². The normalized spacial score (nSPS) is 19.1. The van der Waals surface area contributed by atoms with Crippen LogP contribution in [0.15, 0.2) is 72.8 Å². The third-order valence-corrected chi connectivity index (χ3v) is 7.17. The quantitative estimate of drug-likeness (QED) is 0.363. The van der Waals surface area contributed by atoms with Crippen molar-refractivity contribution in [1.29, 1.82) is 0 Å². The number of benzene rings is 3. The van der Waals surface area contributed by atoms with Gasteiger partial charge in [0.05, 0.1) is 19.3 Å². The van der Waals surface area contributed by atoms with E-state index >= 15 is 0 Å². The molecule has 1 saturated carbocycles. The Bertz CT molecular complexity index is 966. The molecule has 3 unspecified atom stereocenters. The molecule has 3 N–H and O–H groups in total. The minimum atomic E-state index is -0.185. The lowest BCUT2D eigenvalue weighted by molar-refractivity contribution is 0.119. The number of hydrogen-bond donors (Lipinski definition) is 3. The fraction of sp³-hybridized carbons (Fsp3) is 0.379. The smallest absolute Gasteiger partial charge is 0.0606 e. The fourth-order valence-corrected chi connectivity index (χ4v) is 5.27. The van der Waals surface area contributed by atoms with E-state index in [1.54, 1.807) is 0 Å². The molecule has 0 saturated heterocycles. The first-order chi connectivity index (χ1) is 16.6. The highest BCUT2D eigenvalue weighted by Gasteiger charge is 2.23. The third kappa shape index (κ3) is 6.00. The van der Waals surface area contributed by atoms with Crippen molar-refractivity contribution < 1.29 is 15.3 Å². The molecule has 4 nitrogen and oxygen atoms in total. The molecule has 1 fully saturated rings. The summed E-state index contributed by atoms with van der Waals surface area (Å²) >= 11 is 6.18. The minimum absolute atomic E-state index is 0.0412. The summed E-state index contributed by atoms with van der Waals surface area (Å²) in [7, 11) is 0. The maximum atomic E-state index is 10.1. The van der Waals surface area contributed by atoms with Crippen molar-refractivity contribution in [3.05, 3.63) is 100 Å². The molecule has 3 aromatic rings. The van der Waals surface area contributed by atoms with Crippen LogP contribution in [0, 0.1) is 0 Å². The largest absolute Gasteiger partial charge is 0.395 e. The van der Waals surface area contributed by atoms with Crippen molar-refractivity contribution in [2.24, 2.45) is 0 Å². The fourth-order valence-electron chi connectivity index (χ4n) is 5.15. The van der Waals surface area contributed by atoms with Gasteiger partial charge in [-0.05, 0) is 71.7 Å². The molecule has 3 atom stereocenters. The first-order valence-corrected chi connectivity index (χ1v) is 12.6. The van der Waals surface area contributed by atoms with Crippen molar-refractivity contribution in [1.82, 2.24) is 0 Å². The van der Waals surface area contributed by atoms with Crippen LogP contribution in [0.3, 0.4) is 0 Å². The van der Waals surface area contributed by atoms with Gasteiger partial charge in [0.1, 0.15) is 0 Å². The van der Waals surface area contributed by atoms with E-state index in [0.717, 1.165) is 31.4 Å². The monoisotopic (exact) mass is 479 g/mol. The van der Waals surface area contributed by atoms with Crippen LogP contribution in [0.5, 0.6) is 0 Å². The van der Waals surface area contributed by atoms with E-state index in [1.165, 1.54) is 22.3 Å². The Morgan fingerprint density at radius 1 is 0.765 bits per heavy atom. The second-order valence-corrected chi connectivity index (χ2v) is 9.63. The molecule has 1 aliphatic carbocycles.